The Morgan fingerprint density at radius 3 is 3.15 bits per heavy atom. The van der Waals surface area contributed by atoms with Crippen LogP contribution < -0.4 is 0 Å². The van der Waals surface area contributed by atoms with Crippen LogP contribution in [0.4, 0.5) is 0 Å². The van der Waals surface area contributed by atoms with Gasteiger partial charge in [0.2, 0.25) is 5.91 Å². The first-order valence-electron chi connectivity index (χ1n) is 7.56. The van der Waals surface area contributed by atoms with Crippen LogP contribution in [0.2, 0.25) is 0 Å². The Morgan fingerprint density at radius 1 is 1.35 bits per heavy atom. The molecule has 0 N–H and O–H groups in total. The molecule has 2 atom stereocenters. The second kappa shape index (κ2) is 4.21. The normalized spacial score (nSPS) is 36.2. The summed E-state index contributed by atoms with van der Waals surface area (Å²) in [6.07, 6.45) is 9.28. The van der Waals surface area contributed by atoms with Crippen LogP contribution in [0.25, 0.3) is 0 Å². The molecule has 4 heteroatoms. The van der Waals surface area contributed by atoms with Crippen LogP contribution in [-0.2, 0) is 14.3 Å². The van der Waals surface area contributed by atoms with E-state index in [0.29, 0.717) is 19.4 Å². The number of allylic oxidation sites excluding steroid dienone is 1. The van der Waals surface area contributed by atoms with Gasteiger partial charge in [-0.15, -0.1) is 0 Å². The van der Waals surface area contributed by atoms with Crippen molar-refractivity contribution in [2.45, 2.75) is 44.1 Å². The maximum absolute atomic E-state index is 12.4. The van der Waals surface area contributed by atoms with Crippen LogP contribution in [-0.4, -0.2) is 35.5 Å². The summed E-state index contributed by atoms with van der Waals surface area (Å²) < 4.78 is 5.24. The number of amides is 1. The number of carbonyl (C=O) groups excluding carboxylic acids is 2. The lowest BCUT2D eigenvalue weighted by Gasteiger charge is -2.45. The Kier molecular flexibility index (Phi) is 2.56. The van der Waals surface area contributed by atoms with E-state index in [9.17, 15) is 9.59 Å². The highest BCUT2D eigenvalue weighted by Gasteiger charge is 2.56. The molecular formula is C16H19NO3. The molecule has 106 valence electrons. The SMILES string of the molecule is O=C1CC2=C(CCCN3C(=O)CC4C=CCCC243)CO1. The first kappa shape index (κ1) is 12.2. The number of nitrogens with zero attached hydrogens (tertiary/aromatic N) is 1. The third-order valence-corrected chi connectivity index (χ3v) is 5.39. The van der Waals surface area contributed by atoms with Gasteiger partial charge in [-0.05, 0) is 36.8 Å². The standard InChI is InChI=1S/C16H19NO3/c18-14-8-12-5-1-2-6-16(12)13-9-15(19)20-10-11(13)4-3-7-17(14)16/h1,5,12H,2-4,6-10H2. The van der Waals surface area contributed by atoms with E-state index in [1.165, 1.54) is 11.1 Å². The van der Waals surface area contributed by atoms with Crippen LogP contribution >= 0.6 is 0 Å². The zero-order valence-electron chi connectivity index (χ0n) is 11.6. The summed E-state index contributed by atoms with van der Waals surface area (Å²) in [5, 5.41) is 0. The third-order valence-electron chi connectivity index (χ3n) is 5.39. The number of carbonyl (C=O) groups is 2. The van der Waals surface area contributed by atoms with Crippen molar-refractivity contribution in [3.8, 4) is 0 Å². The quantitative estimate of drug-likeness (QED) is 0.500. The lowest BCUT2D eigenvalue weighted by molar-refractivity contribution is -0.144. The minimum absolute atomic E-state index is 0.132. The Bertz CT molecular complexity index is 548. The number of rotatable bonds is 0. The van der Waals surface area contributed by atoms with E-state index in [1.54, 1.807) is 0 Å². The van der Waals surface area contributed by atoms with Crippen molar-refractivity contribution >= 4 is 11.9 Å². The van der Waals surface area contributed by atoms with Gasteiger partial charge in [-0.3, -0.25) is 9.59 Å². The maximum Gasteiger partial charge on any atom is 0.310 e. The Hall–Kier alpha value is -1.58. The van der Waals surface area contributed by atoms with Crippen LogP contribution in [0.5, 0.6) is 0 Å². The monoisotopic (exact) mass is 273 g/mol. The molecule has 4 aliphatic rings. The highest BCUT2D eigenvalue weighted by atomic mass is 16.5. The lowest BCUT2D eigenvalue weighted by Crippen LogP contribution is -2.52. The predicted octanol–water partition coefficient (Wildman–Crippen LogP) is 1.96. The molecule has 0 aromatic rings. The molecule has 3 heterocycles. The molecule has 1 spiro atoms. The summed E-state index contributed by atoms with van der Waals surface area (Å²) in [7, 11) is 0. The highest BCUT2D eigenvalue weighted by Crippen LogP contribution is 2.51. The van der Waals surface area contributed by atoms with Crippen molar-refractivity contribution in [3.63, 3.8) is 0 Å². The summed E-state index contributed by atoms with van der Waals surface area (Å²) in [5.74, 6) is 0.375. The number of cyclic esters (lactones) is 1. The van der Waals surface area contributed by atoms with E-state index in [1.807, 2.05) is 0 Å². The Morgan fingerprint density at radius 2 is 2.25 bits per heavy atom. The first-order chi connectivity index (χ1) is 9.72. The fourth-order valence-corrected chi connectivity index (χ4v) is 4.57. The summed E-state index contributed by atoms with van der Waals surface area (Å²) >= 11 is 0. The fraction of sp³-hybridized carbons (Fsp3) is 0.625. The van der Waals surface area contributed by atoms with Crippen molar-refractivity contribution in [1.82, 2.24) is 4.90 Å². The molecule has 0 radical (unpaired) electrons. The topological polar surface area (TPSA) is 46.6 Å². The molecule has 2 unspecified atom stereocenters. The summed E-state index contributed by atoms with van der Waals surface area (Å²) in [6, 6.07) is 0. The van der Waals surface area contributed by atoms with Crippen molar-refractivity contribution in [3.05, 3.63) is 23.3 Å². The lowest BCUT2D eigenvalue weighted by atomic mass is 9.69. The fourth-order valence-electron chi connectivity index (χ4n) is 4.57. The van der Waals surface area contributed by atoms with Gasteiger partial charge in [0, 0.05) is 18.9 Å². The van der Waals surface area contributed by atoms with Gasteiger partial charge in [0.1, 0.15) is 6.61 Å². The van der Waals surface area contributed by atoms with Crippen molar-refractivity contribution in [2.24, 2.45) is 5.92 Å². The van der Waals surface area contributed by atoms with E-state index < -0.39 is 0 Å². The number of hydrogen-bond acceptors (Lipinski definition) is 3. The first-order valence-corrected chi connectivity index (χ1v) is 7.56. The van der Waals surface area contributed by atoms with Crippen LogP contribution in [0, 0.1) is 5.92 Å². The molecule has 1 aliphatic carbocycles. The largest absolute Gasteiger partial charge is 0.461 e. The second-order valence-corrected chi connectivity index (χ2v) is 6.27. The third kappa shape index (κ3) is 1.48. The van der Waals surface area contributed by atoms with E-state index >= 15 is 0 Å². The van der Waals surface area contributed by atoms with Gasteiger partial charge in [-0.1, -0.05) is 12.2 Å². The van der Waals surface area contributed by atoms with E-state index in [-0.39, 0.29) is 23.3 Å². The van der Waals surface area contributed by atoms with Gasteiger partial charge in [-0.25, -0.2) is 0 Å². The zero-order chi connectivity index (χ0) is 13.7. The Labute approximate surface area is 118 Å². The molecule has 0 saturated carbocycles. The average Bonchev–Trinajstić information content (AvgIpc) is 2.64. The minimum atomic E-state index is -0.211. The molecular weight excluding hydrogens is 254 g/mol. The predicted molar refractivity (Wildman–Crippen MR) is 72.8 cm³/mol. The highest BCUT2D eigenvalue weighted by molar-refractivity contribution is 5.84. The maximum atomic E-state index is 12.4. The Balaban J connectivity index is 1.89. The molecule has 0 aromatic carbocycles. The van der Waals surface area contributed by atoms with E-state index in [4.69, 9.17) is 4.74 Å². The van der Waals surface area contributed by atoms with Gasteiger partial charge in [0.15, 0.2) is 0 Å². The molecule has 0 bridgehead atoms. The summed E-state index contributed by atoms with van der Waals surface area (Å²) in [5.41, 5.74) is 2.28. The van der Waals surface area contributed by atoms with Gasteiger partial charge in [0.25, 0.3) is 0 Å². The summed E-state index contributed by atoms with van der Waals surface area (Å²) in [4.78, 5) is 26.3. The minimum Gasteiger partial charge on any atom is -0.461 e. The molecule has 1 saturated heterocycles. The molecule has 4 nitrogen and oxygen atoms in total. The van der Waals surface area contributed by atoms with Gasteiger partial charge in [0.05, 0.1) is 12.0 Å². The van der Waals surface area contributed by atoms with Gasteiger partial charge in [-0.2, -0.15) is 0 Å². The number of ether oxygens (including phenoxy) is 1. The molecule has 0 aromatic heterocycles. The number of hydrogen-bond donors (Lipinski definition) is 0. The molecule has 1 fully saturated rings. The van der Waals surface area contributed by atoms with Crippen molar-refractivity contribution in [1.29, 1.82) is 0 Å². The zero-order valence-corrected chi connectivity index (χ0v) is 11.6. The molecule has 4 rings (SSSR count). The molecule has 3 aliphatic heterocycles. The van der Waals surface area contributed by atoms with Crippen LogP contribution in [0.1, 0.15) is 38.5 Å². The van der Waals surface area contributed by atoms with E-state index in [0.717, 1.165) is 32.2 Å². The summed E-state index contributed by atoms with van der Waals surface area (Å²) in [6.45, 7) is 1.26. The van der Waals surface area contributed by atoms with E-state index in [2.05, 4.69) is 17.1 Å². The average molecular weight is 273 g/mol. The molecule has 20 heavy (non-hydrogen) atoms. The van der Waals surface area contributed by atoms with Crippen molar-refractivity contribution < 1.29 is 14.3 Å². The second-order valence-electron chi connectivity index (χ2n) is 6.27. The van der Waals surface area contributed by atoms with Gasteiger partial charge >= 0.3 is 5.97 Å². The molecule has 1 amide bonds. The van der Waals surface area contributed by atoms with Crippen LogP contribution in [0.3, 0.4) is 0 Å². The smallest absolute Gasteiger partial charge is 0.310 e. The number of esters is 1. The van der Waals surface area contributed by atoms with Crippen LogP contribution in [0.15, 0.2) is 23.3 Å². The van der Waals surface area contributed by atoms with Gasteiger partial charge < -0.3 is 9.64 Å². The van der Waals surface area contributed by atoms with Crippen molar-refractivity contribution in [2.75, 3.05) is 13.2 Å².